The van der Waals surface area contributed by atoms with Gasteiger partial charge in [-0.2, -0.15) is 0 Å². The number of amides is 4. The van der Waals surface area contributed by atoms with Gasteiger partial charge in [0.05, 0.1) is 24.6 Å². The second-order valence-corrected chi connectivity index (χ2v) is 16.6. The molecule has 3 rings (SSSR count). The number of carbonyl (C=O) groups excluding carboxylic acids is 4. The number of nitrogens with zero attached hydrogens (tertiary/aromatic N) is 3. The van der Waals surface area contributed by atoms with Gasteiger partial charge in [-0.05, 0) is 61.3 Å². The highest BCUT2D eigenvalue weighted by Gasteiger charge is 2.40. The minimum Gasteiger partial charge on any atom is -0.379 e. The molecule has 1 aliphatic carbocycles. The molecule has 1 aromatic rings. The number of likely N-dealkylation sites (tertiary alicyclic amines) is 1. The molecule has 11 heteroatoms. The van der Waals surface area contributed by atoms with Crippen LogP contribution in [-0.2, 0) is 23.9 Å². The molecule has 0 aromatic carbocycles. The molecular formula is C40H65N5O5S. The quantitative estimate of drug-likeness (QED) is 0.164. The number of likely N-dealkylation sites (N-methyl/N-ethyl adjacent to an activating group) is 1. The smallest absolute Gasteiger partial charge is 0.245 e. The molecule has 8 atom stereocenters. The van der Waals surface area contributed by atoms with Crippen LogP contribution in [0.1, 0.15) is 118 Å². The lowest BCUT2D eigenvalue weighted by Gasteiger charge is -2.40. The molecule has 2 N–H and O–H groups in total. The number of hydrogen-bond donors (Lipinski definition) is 2. The van der Waals surface area contributed by atoms with Crippen LogP contribution in [-0.4, -0.2) is 83.3 Å². The Balaban J connectivity index is 1.69. The number of nitrogens with one attached hydrogen (secondary N) is 2. The molecule has 1 saturated heterocycles. The number of rotatable bonds is 19. The van der Waals surface area contributed by atoms with E-state index < -0.39 is 12.1 Å². The molecule has 0 saturated carbocycles. The van der Waals surface area contributed by atoms with E-state index in [4.69, 9.17) is 4.74 Å². The predicted octanol–water partition coefficient (Wildman–Crippen LogP) is 6.70. The van der Waals surface area contributed by atoms with Crippen LogP contribution in [0.15, 0.2) is 35.4 Å². The van der Waals surface area contributed by atoms with Gasteiger partial charge in [0.15, 0.2) is 0 Å². The summed E-state index contributed by atoms with van der Waals surface area (Å²) in [6, 6.07) is -1.31. The highest BCUT2D eigenvalue weighted by atomic mass is 32.1. The highest BCUT2D eigenvalue weighted by molar-refractivity contribution is 7.09. The maximum atomic E-state index is 14.0. The zero-order chi connectivity index (χ0) is 37.8. The Kier molecular flexibility index (Phi) is 16.8. The number of thiazole rings is 1. The average molecular weight is 728 g/mol. The van der Waals surface area contributed by atoms with E-state index in [2.05, 4.69) is 54.6 Å². The number of carbonyl (C=O) groups is 4. The lowest BCUT2D eigenvalue weighted by atomic mass is 9.89. The molecule has 2 heterocycles. The number of methoxy groups -OCH3 is 1. The van der Waals surface area contributed by atoms with E-state index in [1.54, 1.807) is 36.6 Å². The van der Waals surface area contributed by atoms with Gasteiger partial charge in [-0.25, -0.2) is 4.98 Å². The van der Waals surface area contributed by atoms with Crippen molar-refractivity contribution in [3.8, 4) is 0 Å². The standard InChI is InChI=1S/C40H65N5O5S/c1-11-28(7)37(44(9)40(49)36(26(4)5)43-34(46)20-25(2)3)33(50-10)24-35(47)45-18-13-16-31(45)22-29(8)38(48)42-32(39-41-17-19-51-39)23-30-15-12-14-27(6)21-30/h12,15,17,19,21,25-29,31-33,36-37H,11,13-14,16,18,20,22-24H2,1-10H3,(H,42,48)(H,43,46)/t27?,28-,29+,31-,32-,33+,36-,37-/m0/s1. The van der Waals surface area contributed by atoms with Gasteiger partial charge in [-0.3, -0.25) is 19.2 Å². The minimum absolute atomic E-state index is 0.0254. The van der Waals surface area contributed by atoms with Gasteiger partial charge in [-0.1, -0.05) is 80.0 Å². The van der Waals surface area contributed by atoms with Gasteiger partial charge in [-0.15, -0.1) is 11.3 Å². The molecule has 0 radical (unpaired) electrons. The monoisotopic (exact) mass is 727 g/mol. The summed E-state index contributed by atoms with van der Waals surface area (Å²) < 4.78 is 6.01. The molecule has 4 amide bonds. The fourth-order valence-corrected chi connectivity index (χ4v) is 8.18. The summed E-state index contributed by atoms with van der Waals surface area (Å²) in [5.74, 6) is -0.0837. The Morgan fingerprint density at radius 3 is 2.41 bits per heavy atom. The molecule has 286 valence electrons. The summed E-state index contributed by atoms with van der Waals surface area (Å²) in [5.41, 5.74) is 1.21. The van der Waals surface area contributed by atoms with E-state index in [1.807, 2.05) is 44.9 Å². The molecule has 1 fully saturated rings. The Labute approximate surface area is 311 Å². The first kappa shape index (κ1) is 42.4. The van der Waals surface area contributed by atoms with Crippen molar-refractivity contribution in [3.63, 3.8) is 0 Å². The lowest BCUT2D eigenvalue weighted by Crippen LogP contribution is -2.57. The van der Waals surface area contributed by atoms with Crippen molar-refractivity contribution in [3.05, 3.63) is 40.4 Å². The van der Waals surface area contributed by atoms with Crippen molar-refractivity contribution in [2.75, 3.05) is 20.7 Å². The largest absolute Gasteiger partial charge is 0.379 e. The summed E-state index contributed by atoms with van der Waals surface area (Å²) >= 11 is 1.55. The Morgan fingerprint density at radius 1 is 1.10 bits per heavy atom. The van der Waals surface area contributed by atoms with Crippen LogP contribution in [0.5, 0.6) is 0 Å². The Hall–Kier alpha value is -3.05. The summed E-state index contributed by atoms with van der Waals surface area (Å²) in [6.07, 6.45) is 13.1. The van der Waals surface area contributed by atoms with Gasteiger partial charge < -0.3 is 25.2 Å². The normalized spacial score (nSPS) is 21.1. The molecule has 51 heavy (non-hydrogen) atoms. The van der Waals surface area contributed by atoms with Gasteiger partial charge in [0.25, 0.3) is 0 Å². The van der Waals surface area contributed by atoms with Crippen LogP contribution in [0.4, 0.5) is 0 Å². The van der Waals surface area contributed by atoms with Crippen molar-refractivity contribution in [1.82, 2.24) is 25.4 Å². The third-order valence-corrected chi connectivity index (χ3v) is 11.4. The predicted molar refractivity (Wildman–Crippen MR) is 205 cm³/mol. The van der Waals surface area contributed by atoms with Crippen molar-refractivity contribution >= 4 is 35.0 Å². The van der Waals surface area contributed by atoms with Crippen LogP contribution in [0.25, 0.3) is 0 Å². The van der Waals surface area contributed by atoms with Gasteiger partial charge in [0.1, 0.15) is 11.0 Å². The average Bonchev–Trinajstić information content (AvgIpc) is 3.78. The first-order valence-corrected chi connectivity index (χ1v) is 20.0. The molecule has 10 nitrogen and oxygen atoms in total. The Morgan fingerprint density at radius 2 is 1.82 bits per heavy atom. The van der Waals surface area contributed by atoms with E-state index in [0.29, 0.717) is 31.7 Å². The SMILES string of the molecule is CC[C@H](C)[C@@H]([C@@H](CC(=O)N1CCC[C@H]1C[C@@H](C)C(=O)N[C@@H](CC1=CC(C)CC=C1)c1nccs1)OC)N(C)C(=O)[C@@H](NC(=O)CC(C)C)C(C)C. The van der Waals surface area contributed by atoms with Crippen LogP contribution in [0.3, 0.4) is 0 Å². The topological polar surface area (TPSA) is 121 Å². The van der Waals surface area contributed by atoms with Crippen molar-refractivity contribution in [2.45, 2.75) is 137 Å². The van der Waals surface area contributed by atoms with Crippen molar-refractivity contribution in [1.29, 1.82) is 0 Å². The van der Waals surface area contributed by atoms with Crippen LogP contribution < -0.4 is 10.6 Å². The first-order chi connectivity index (χ1) is 24.2. The summed E-state index contributed by atoms with van der Waals surface area (Å²) in [4.78, 5) is 62.5. The van der Waals surface area contributed by atoms with Gasteiger partial charge in [0, 0.05) is 50.7 Å². The molecule has 1 unspecified atom stereocenters. The zero-order valence-corrected chi connectivity index (χ0v) is 33.6. The third kappa shape index (κ3) is 12.3. The molecule has 1 aliphatic heterocycles. The second-order valence-electron chi connectivity index (χ2n) is 15.7. The Bertz CT molecular complexity index is 1340. The molecule has 0 bridgehead atoms. The third-order valence-electron chi connectivity index (χ3n) is 10.5. The summed E-state index contributed by atoms with van der Waals surface area (Å²) in [5, 5.41) is 9.08. The van der Waals surface area contributed by atoms with E-state index >= 15 is 0 Å². The number of aromatic nitrogens is 1. The first-order valence-electron chi connectivity index (χ1n) is 19.1. The molecule has 2 aliphatic rings. The number of allylic oxidation sites excluding steroid dienone is 3. The zero-order valence-electron chi connectivity index (χ0n) is 32.8. The van der Waals surface area contributed by atoms with Gasteiger partial charge in [0.2, 0.25) is 23.6 Å². The lowest BCUT2D eigenvalue weighted by molar-refractivity contribution is -0.146. The van der Waals surface area contributed by atoms with Crippen LogP contribution >= 0.6 is 11.3 Å². The molecular weight excluding hydrogens is 663 g/mol. The van der Waals surface area contributed by atoms with Crippen LogP contribution in [0, 0.1) is 29.6 Å². The molecule has 0 spiro atoms. The summed E-state index contributed by atoms with van der Waals surface area (Å²) in [7, 11) is 3.36. The van der Waals surface area contributed by atoms with Crippen molar-refractivity contribution in [2.24, 2.45) is 29.6 Å². The van der Waals surface area contributed by atoms with Crippen LogP contribution in [0.2, 0.25) is 0 Å². The minimum atomic E-state index is -0.675. The maximum Gasteiger partial charge on any atom is 0.245 e. The maximum absolute atomic E-state index is 14.0. The fourth-order valence-electron chi connectivity index (χ4n) is 7.49. The second kappa shape index (κ2) is 20.3. The number of hydrogen-bond acceptors (Lipinski definition) is 7. The van der Waals surface area contributed by atoms with E-state index in [0.717, 1.165) is 30.7 Å². The summed E-state index contributed by atoms with van der Waals surface area (Å²) in [6.45, 7) is 16.7. The van der Waals surface area contributed by atoms with E-state index in [1.165, 1.54) is 5.57 Å². The number of ether oxygens (including phenoxy) is 1. The fraction of sp³-hybridized carbons (Fsp3) is 0.725. The van der Waals surface area contributed by atoms with Crippen molar-refractivity contribution < 1.29 is 23.9 Å². The van der Waals surface area contributed by atoms with Gasteiger partial charge >= 0.3 is 0 Å². The molecule has 1 aromatic heterocycles. The highest BCUT2D eigenvalue weighted by Crippen LogP contribution is 2.30. The van der Waals surface area contributed by atoms with E-state index in [-0.39, 0.29) is 71.8 Å². The van der Waals surface area contributed by atoms with E-state index in [9.17, 15) is 19.2 Å².